The molecule has 0 saturated heterocycles. The smallest absolute Gasteiger partial charge is 0.137 e. The number of ketones is 1. The van der Waals surface area contributed by atoms with Crippen LogP contribution in [0.25, 0.3) is 0 Å². The molecule has 1 heteroatoms. The summed E-state index contributed by atoms with van der Waals surface area (Å²) in [5, 5.41) is 0. The highest BCUT2D eigenvalue weighted by molar-refractivity contribution is 5.83. The van der Waals surface area contributed by atoms with Gasteiger partial charge in [0.2, 0.25) is 0 Å². The monoisotopic (exact) mass is 202 g/mol. The Kier molecular flexibility index (Phi) is 3.20. The predicted molar refractivity (Wildman–Crippen MR) is 62.1 cm³/mol. The van der Waals surface area contributed by atoms with Gasteiger partial charge in [0.25, 0.3) is 0 Å². The Balaban J connectivity index is 2.27. The van der Waals surface area contributed by atoms with Gasteiger partial charge in [-0.2, -0.15) is 0 Å². The Morgan fingerprint density at radius 3 is 2.93 bits per heavy atom. The van der Waals surface area contributed by atoms with Gasteiger partial charge in [0.15, 0.2) is 0 Å². The molecule has 0 amide bonds. The normalized spacial score (nSPS) is 15.1. The minimum absolute atomic E-state index is 0.409. The Bertz CT molecular complexity index is 366. The lowest BCUT2D eigenvalue weighted by Gasteiger charge is -2.18. The van der Waals surface area contributed by atoms with Crippen molar-refractivity contribution in [3.63, 3.8) is 0 Å². The maximum atomic E-state index is 11.5. The van der Waals surface area contributed by atoms with E-state index in [9.17, 15) is 4.79 Å². The summed E-state index contributed by atoms with van der Waals surface area (Å²) in [5.41, 5.74) is 4.15. The first-order chi connectivity index (χ1) is 7.31. The van der Waals surface area contributed by atoms with Crippen molar-refractivity contribution < 1.29 is 4.79 Å². The second-order valence-corrected chi connectivity index (χ2v) is 4.37. The molecular weight excluding hydrogens is 184 g/mol. The predicted octanol–water partition coefficient (Wildman–Crippen LogP) is 3.09. The second kappa shape index (κ2) is 4.61. The van der Waals surface area contributed by atoms with Crippen LogP contribution < -0.4 is 0 Å². The summed E-state index contributed by atoms with van der Waals surface area (Å²) in [4.78, 5) is 11.5. The van der Waals surface area contributed by atoms with E-state index in [1.165, 1.54) is 29.5 Å². The van der Waals surface area contributed by atoms with Crippen molar-refractivity contribution in [3.8, 4) is 0 Å². The molecule has 0 unspecified atom stereocenters. The van der Waals surface area contributed by atoms with Gasteiger partial charge in [0.1, 0.15) is 5.78 Å². The molecule has 0 saturated carbocycles. The van der Waals surface area contributed by atoms with Crippen LogP contribution in [0.15, 0.2) is 18.2 Å². The van der Waals surface area contributed by atoms with Crippen LogP contribution >= 0.6 is 0 Å². The Morgan fingerprint density at radius 2 is 2.13 bits per heavy atom. The number of carbonyl (C=O) groups is 1. The van der Waals surface area contributed by atoms with Crippen molar-refractivity contribution in [3.05, 3.63) is 34.9 Å². The van der Waals surface area contributed by atoms with Crippen LogP contribution in [0.3, 0.4) is 0 Å². The average molecular weight is 202 g/mol. The molecule has 1 aliphatic carbocycles. The van der Waals surface area contributed by atoms with Crippen molar-refractivity contribution >= 4 is 5.78 Å². The standard InChI is InChI=1S/C14H18O/c1-2-3-5-11-6-4-7-12-8-9-13(15)10-14(11)12/h4,6-7H,2-3,5,8-10H2,1H3. The zero-order valence-electron chi connectivity index (χ0n) is 9.38. The molecule has 0 radical (unpaired) electrons. The highest BCUT2D eigenvalue weighted by Gasteiger charge is 2.17. The van der Waals surface area contributed by atoms with E-state index in [2.05, 4.69) is 25.1 Å². The topological polar surface area (TPSA) is 17.1 Å². The average Bonchev–Trinajstić information content (AvgIpc) is 2.26. The molecule has 0 spiro atoms. The first kappa shape index (κ1) is 10.4. The van der Waals surface area contributed by atoms with Crippen molar-refractivity contribution in [2.24, 2.45) is 0 Å². The van der Waals surface area contributed by atoms with Gasteiger partial charge in [0.05, 0.1) is 0 Å². The fourth-order valence-electron chi connectivity index (χ4n) is 2.31. The molecule has 0 N–H and O–H groups in total. The molecule has 1 aliphatic rings. The van der Waals surface area contributed by atoms with E-state index >= 15 is 0 Å². The fraction of sp³-hybridized carbons (Fsp3) is 0.500. The van der Waals surface area contributed by atoms with Crippen LogP contribution in [0.2, 0.25) is 0 Å². The van der Waals surface area contributed by atoms with Gasteiger partial charge in [0, 0.05) is 12.8 Å². The molecule has 2 rings (SSSR count). The molecule has 0 bridgehead atoms. The molecule has 15 heavy (non-hydrogen) atoms. The van der Waals surface area contributed by atoms with Crippen molar-refractivity contribution in [1.29, 1.82) is 0 Å². The van der Waals surface area contributed by atoms with Crippen LogP contribution in [-0.2, 0) is 24.1 Å². The molecule has 1 aromatic rings. The van der Waals surface area contributed by atoms with E-state index in [1.807, 2.05) is 0 Å². The molecule has 0 atom stereocenters. The number of benzene rings is 1. The largest absolute Gasteiger partial charge is 0.299 e. The van der Waals surface area contributed by atoms with Crippen molar-refractivity contribution in [1.82, 2.24) is 0 Å². The van der Waals surface area contributed by atoms with Gasteiger partial charge >= 0.3 is 0 Å². The Labute approximate surface area is 91.5 Å². The van der Waals surface area contributed by atoms with Crippen LogP contribution in [0.5, 0.6) is 0 Å². The van der Waals surface area contributed by atoms with Gasteiger partial charge in [-0.1, -0.05) is 31.5 Å². The number of unbranched alkanes of at least 4 members (excludes halogenated alkanes) is 1. The molecule has 0 aliphatic heterocycles. The zero-order chi connectivity index (χ0) is 10.7. The van der Waals surface area contributed by atoms with E-state index in [0.29, 0.717) is 12.2 Å². The maximum Gasteiger partial charge on any atom is 0.137 e. The number of Topliss-reactive ketones (excluding diaryl/α,β-unsaturated/α-hetero) is 1. The first-order valence-corrected chi connectivity index (χ1v) is 5.92. The lowest BCUT2D eigenvalue weighted by molar-refractivity contribution is -0.118. The number of rotatable bonds is 3. The molecule has 1 aromatic carbocycles. The molecule has 0 fully saturated rings. The first-order valence-electron chi connectivity index (χ1n) is 5.92. The number of hydrogen-bond acceptors (Lipinski definition) is 1. The van der Waals surface area contributed by atoms with Gasteiger partial charge in [-0.05, 0) is 36.0 Å². The van der Waals surface area contributed by atoms with Crippen LogP contribution in [0, 0.1) is 0 Å². The third-order valence-electron chi connectivity index (χ3n) is 3.22. The van der Waals surface area contributed by atoms with Gasteiger partial charge in [-0.15, -0.1) is 0 Å². The molecule has 1 nitrogen and oxygen atoms in total. The van der Waals surface area contributed by atoms with Crippen molar-refractivity contribution in [2.45, 2.75) is 45.4 Å². The second-order valence-electron chi connectivity index (χ2n) is 4.37. The van der Waals surface area contributed by atoms with Crippen LogP contribution in [-0.4, -0.2) is 5.78 Å². The van der Waals surface area contributed by atoms with Gasteiger partial charge < -0.3 is 0 Å². The van der Waals surface area contributed by atoms with Crippen LogP contribution in [0.1, 0.15) is 42.9 Å². The van der Waals surface area contributed by atoms with Crippen LogP contribution in [0.4, 0.5) is 0 Å². The minimum atomic E-state index is 0.409. The van der Waals surface area contributed by atoms with E-state index in [1.54, 1.807) is 0 Å². The number of hydrogen-bond donors (Lipinski definition) is 0. The van der Waals surface area contributed by atoms with Gasteiger partial charge in [-0.3, -0.25) is 4.79 Å². The third kappa shape index (κ3) is 2.28. The number of carbonyl (C=O) groups excluding carboxylic acids is 1. The van der Waals surface area contributed by atoms with E-state index in [-0.39, 0.29) is 0 Å². The molecule has 0 aromatic heterocycles. The highest BCUT2D eigenvalue weighted by Crippen LogP contribution is 2.23. The fourth-order valence-corrected chi connectivity index (χ4v) is 2.31. The minimum Gasteiger partial charge on any atom is -0.299 e. The van der Waals surface area contributed by atoms with E-state index < -0.39 is 0 Å². The summed E-state index contributed by atoms with van der Waals surface area (Å²) >= 11 is 0. The lowest BCUT2D eigenvalue weighted by atomic mass is 9.86. The molecular formula is C14H18O. The van der Waals surface area contributed by atoms with Gasteiger partial charge in [-0.25, -0.2) is 0 Å². The molecule has 0 heterocycles. The summed E-state index contributed by atoms with van der Waals surface area (Å²) in [7, 11) is 0. The number of aryl methyl sites for hydroxylation is 2. The van der Waals surface area contributed by atoms with Crippen molar-refractivity contribution in [2.75, 3.05) is 0 Å². The Morgan fingerprint density at radius 1 is 1.27 bits per heavy atom. The summed E-state index contributed by atoms with van der Waals surface area (Å²) in [5.74, 6) is 0.409. The number of fused-ring (bicyclic) bond motifs is 1. The lowest BCUT2D eigenvalue weighted by Crippen LogP contribution is -2.15. The zero-order valence-corrected chi connectivity index (χ0v) is 9.38. The quantitative estimate of drug-likeness (QED) is 0.736. The maximum absolute atomic E-state index is 11.5. The van der Waals surface area contributed by atoms with E-state index in [0.717, 1.165) is 19.3 Å². The Hall–Kier alpha value is -1.11. The third-order valence-corrected chi connectivity index (χ3v) is 3.22. The summed E-state index contributed by atoms with van der Waals surface area (Å²) in [6.45, 7) is 2.21. The summed E-state index contributed by atoms with van der Waals surface area (Å²) in [6.07, 6.45) is 5.95. The summed E-state index contributed by atoms with van der Waals surface area (Å²) < 4.78 is 0. The van der Waals surface area contributed by atoms with E-state index in [4.69, 9.17) is 0 Å². The highest BCUT2D eigenvalue weighted by atomic mass is 16.1. The summed E-state index contributed by atoms with van der Waals surface area (Å²) in [6, 6.07) is 6.50. The molecule has 80 valence electrons. The SMILES string of the molecule is CCCCc1cccc2c1CC(=O)CC2.